The highest BCUT2D eigenvalue weighted by Gasteiger charge is 2.32. The molecule has 1 aromatic carbocycles. The van der Waals surface area contributed by atoms with Gasteiger partial charge in [0, 0.05) is 19.8 Å². The standard InChI is InChI=1S/C15H22F3N3O2.HI/c1-11(2)10-22-9-5-8-20-14(19)21-12-6-3-4-7-13(12)23-15(16,17)18;/h3-4,6-7,11H,5,8-10H2,1-2H3,(H3,19,20,21);1H. The van der Waals surface area contributed by atoms with Gasteiger partial charge in [-0.3, -0.25) is 4.99 Å². The van der Waals surface area contributed by atoms with Crippen molar-refractivity contribution < 1.29 is 22.6 Å². The number of nitrogens with two attached hydrogens (primary N) is 1. The van der Waals surface area contributed by atoms with Crippen molar-refractivity contribution >= 4 is 35.6 Å². The average molecular weight is 461 g/mol. The Morgan fingerprint density at radius 1 is 1.29 bits per heavy atom. The van der Waals surface area contributed by atoms with Crippen LogP contribution in [0.5, 0.6) is 5.75 Å². The number of rotatable bonds is 8. The molecule has 0 aromatic heterocycles. The topological polar surface area (TPSA) is 68.9 Å². The van der Waals surface area contributed by atoms with Crippen molar-refractivity contribution in [2.24, 2.45) is 16.6 Å². The fourth-order valence-corrected chi connectivity index (χ4v) is 1.65. The smallest absolute Gasteiger partial charge is 0.404 e. The minimum Gasteiger partial charge on any atom is -0.404 e. The summed E-state index contributed by atoms with van der Waals surface area (Å²) in [7, 11) is 0. The highest BCUT2D eigenvalue weighted by Crippen LogP contribution is 2.29. The van der Waals surface area contributed by atoms with Crippen LogP contribution in [0.1, 0.15) is 20.3 Å². The van der Waals surface area contributed by atoms with E-state index in [-0.39, 0.29) is 41.4 Å². The Hall–Kier alpha value is -1.23. The number of nitrogens with one attached hydrogen (secondary N) is 1. The van der Waals surface area contributed by atoms with Crippen molar-refractivity contribution in [3.63, 3.8) is 0 Å². The van der Waals surface area contributed by atoms with Crippen LogP contribution in [0.3, 0.4) is 0 Å². The van der Waals surface area contributed by atoms with E-state index < -0.39 is 6.36 Å². The Morgan fingerprint density at radius 2 is 1.96 bits per heavy atom. The van der Waals surface area contributed by atoms with E-state index in [0.717, 1.165) is 0 Å². The molecule has 3 N–H and O–H groups in total. The number of nitrogens with zero attached hydrogens (tertiary/aromatic N) is 1. The predicted octanol–water partition coefficient (Wildman–Crippen LogP) is 3.99. The molecule has 0 spiro atoms. The highest BCUT2D eigenvalue weighted by atomic mass is 127. The van der Waals surface area contributed by atoms with Gasteiger partial charge in [0.2, 0.25) is 0 Å². The van der Waals surface area contributed by atoms with Crippen LogP contribution in [0.15, 0.2) is 29.3 Å². The third-order valence-electron chi connectivity index (χ3n) is 2.56. The molecule has 1 rings (SSSR count). The molecule has 0 aliphatic heterocycles. The van der Waals surface area contributed by atoms with Crippen LogP contribution in [0.4, 0.5) is 18.9 Å². The summed E-state index contributed by atoms with van der Waals surface area (Å²) in [6.07, 6.45) is -4.09. The summed E-state index contributed by atoms with van der Waals surface area (Å²) >= 11 is 0. The number of ether oxygens (including phenoxy) is 2. The molecule has 0 unspecified atom stereocenters. The molecule has 0 amide bonds. The second-order valence-corrected chi connectivity index (χ2v) is 5.26. The van der Waals surface area contributed by atoms with E-state index in [9.17, 15) is 13.2 Å². The van der Waals surface area contributed by atoms with Crippen LogP contribution in [0, 0.1) is 5.92 Å². The van der Waals surface area contributed by atoms with Gasteiger partial charge in [-0.2, -0.15) is 0 Å². The number of guanidine groups is 1. The summed E-state index contributed by atoms with van der Waals surface area (Å²) < 4.78 is 46.2. The fraction of sp³-hybridized carbons (Fsp3) is 0.533. The van der Waals surface area contributed by atoms with Crippen LogP contribution in [-0.4, -0.2) is 32.1 Å². The number of hydrogen-bond donors (Lipinski definition) is 2. The number of aliphatic imine (C=N–C) groups is 1. The van der Waals surface area contributed by atoms with Crippen molar-refractivity contribution in [1.82, 2.24) is 0 Å². The van der Waals surface area contributed by atoms with Gasteiger partial charge < -0.3 is 20.5 Å². The minimum atomic E-state index is -4.77. The first kappa shape index (κ1) is 22.8. The highest BCUT2D eigenvalue weighted by molar-refractivity contribution is 14.0. The van der Waals surface area contributed by atoms with Gasteiger partial charge in [0.1, 0.15) is 0 Å². The number of hydrogen-bond acceptors (Lipinski definition) is 3. The van der Waals surface area contributed by atoms with Crippen molar-refractivity contribution in [1.29, 1.82) is 0 Å². The molecular formula is C15H23F3IN3O2. The van der Waals surface area contributed by atoms with Crippen molar-refractivity contribution in [2.45, 2.75) is 26.6 Å². The maximum Gasteiger partial charge on any atom is 0.573 e. The first-order chi connectivity index (χ1) is 10.8. The van der Waals surface area contributed by atoms with Gasteiger partial charge >= 0.3 is 6.36 Å². The van der Waals surface area contributed by atoms with Crippen molar-refractivity contribution in [3.8, 4) is 5.75 Å². The maximum atomic E-state index is 12.3. The van der Waals surface area contributed by atoms with Crippen LogP contribution in [0.2, 0.25) is 0 Å². The van der Waals surface area contributed by atoms with E-state index >= 15 is 0 Å². The lowest BCUT2D eigenvalue weighted by atomic mass is 10.2. The molecule has 24 heavy (non-hydrogen) atoms. The number of para-hydroxylation sites is 2. The summed E-state index contributed by atoms with van der Waals surface area (Å²) in [5.41, 5.74) is 5.76. The second-order valence-electron chi connectivity index (χ2n) is 5.26. The fourth-order valence-electron chi connectivity index (χ4n) is 1.65. The summed E-state index contributed by atoms with van der Waals surface area (Å²) in [6.45, 7) is 5.77. The summed E-state index contributed by atoms with van der Waals surface area (Å²) in [5.74, 6) is 0.126. The quantitative estimate of drug-likeness (QED) is 0.266. The molecule has 0 radical (unpaired) electrons. The third-order valence-corrected chi connectivity index (χ3v) is 2.56. The molecule has 0 atom stereocenters. The normalized spacial score (nSPS) is 12.0. The largest absolute Gasteiger partial charge is 0.573 e. The second kappa shape index (κ2) is 11.3. The third kappa shape index (κ3) is 10.5. The minimum absolute atomic E-state index is 0. The average Bonchev–Trinajstić information content (AvgIpc) is 2.43. The Labute approximate surface area is 156 Å². The first-order valence-corrected chi connectivity index (χ1v) is 7.27. The van der Waals surface area contributed by atoms with Gasteiger partial charge in [-0.25, -0.2) is 0 Å². The zero-order valence-corrected chi connectivity index (χ0v) is 15.9. The maximum absolute atomic E-state index is 12.3. The molecule has 0 fully saturated rings. The van der Waals surface area contributed by atoms with E-state index in [0.29, 0.717) is 32.1 Å². The number of alkyl halides is 3. The van der Waals surface area contributed by atoms with Gasteiger partial charge in [-0.15, -0.1) is 37.1 Å². The van der Waals surface area contributed by atoms with Crippen LogP contribution in [0.25, 0.3) is 0 Å². The van der Waals surface area contributed by atoms with Crippen LogP contribution >= 0.6 is 24.0 Å². The van der Waals surface area contributed by atoms with E-state index in [1.165, 1.54) is 18.2 Å². The van der Waals surface area contributed by atoms with E-state index in [1.807, 2.05) is 0 Å². The van der Waals surface area contributed by atoms with E-state index in [2.05, 4.69) is 28.9 Å². The van der Waals surface area contributed by atoms with Gasteiger partial charge in [-0.05, 0) is 24.5 Å². The molecule has 0 aliphatic rings. The number of halogens is 4. The molecule has 0 saturated carbocycles. The lowest BCUT2D eigenvalue weighted by Crippen LogP contribution is -2.24. The Bertz CT molecular complexity index is 511. The Balaban J connectivity index is 0.00000529. The van der Waals surface area contributed by atoms with E-state index in [4.69, 9.17) is 10.5 Å². The number of benzene rings is 1. The number of anilines is 1. The van der Waals surface area contributed by atoms with Crippen molar-refractivity contribution in [3.05, 3.63) is 24.3 Å². The van der Waals surface area contributed by atoms with Crippen molar-refractivity contribution in [2.75, 3.05) is 25.1 Å². The predicted molar refractivity (Wildman–Crippen MR) is 98.9 cm³/mol. The lowest BCUT2D eigenvalue weighted by molar-refractivity contribution is -0.274. The molecule has 138 valence electrons. The van der Waals surface area contributed by atoms with Crippen LogP contribution in [-0.2, 0) is 4.74 Å². The zero-order valence-electron chi connectivity index (χ0n) is 13.6. The van der Waals surface area contributed by atoms with Gasteiger partial charge in [-0.1, -0.05) is 26.0 Å². The molecule has 0 heterocycles. The van der Waals surface area contributed by atoms with Gasteiger partial charge in [0.15, 0.2) is 11.7 Å². The zero-order chi connectivity index (χ0) is 17.3. The van der Waals surface area contributed by atoms with Gasteiger partial charge in [0.25, 0.3) is 0 Å². The molecule has 0 saturated heterocycles. The lowest BCUT2D eigenvalue weighted by Gasteiger charge is -2.14. The van der Waals surface area contributed by atoms with Crippen LogP contribution < -0.4 is 15.8 Å². The molecule has 5 nitrogen and oxygen atoms in total. The molecule has 9 heteroatoms. The molecule has 0 aliphatic carbocycles. The summed E-state index contributed by atoms with van der Waals surface area (Å²) in [4.78, 5) is 4.04. The Morgan fingerprint density at radius 3 is 2.58 bits per heavy atom. The Kier molecular flexibility index (Phi) is 10.8. The summed E-state index contributed by atoms with van der Waals surface area (Å²) in [5, 5.41) is 2.60. The summed E-state index contributed by atoms with van der Waals surface area (Å²) in [6, 6.07) is 5.63. The first-order valence-electron chi connectivity index (χ1n) is 7.27. The molecular weight excluding hydrogens is 438 g/mol. The monoisotopic (exact) mass is 461 g/mol. The SMILES string of the molecule is CC(C)COCCCN=C(N)Nc1ccccc1OC(F)(F)F.I. The molecule has 1 aromatic rings. The van der Waals surface area contributed by atoms with Gasteiger partial charge in [0.05, 0.1) is 5.69 Å². The molecule has 0 bridgehead atoms. The van der Waals surface area contributed by atoms with E-state index in [1.54, 1.807) is 6.07 Å².